The van der Waals surface area contributed by atoms with Gasteiger partial charge in [0, 0.05) is 16.7 Å². The zero-order chi connectivity index (χ0) is 10.4. The number of carboxylic acids is 1. The third-order valence-electron chi connectivity index (χ3n) is 2.95. The van der Waals surface area contributed by atoms with Crippen molar-refractivity contribution in [3.8, 4) is 0 Å². The Balaban J connectivity index is 1.90. The molecule has 1 heterocycles. The lowest BCUT2D eigenvalue weighted by Gasteiger charge is -1.94. The number of aromatic nitrogens is 1. The molecule has 0 bridgehead atoms. The molecule has 0 aromatic carbocycles. The smallest absolute Gasteiger partial charge is 0.308 e. The molecule has 1 aromatic heterocycles. The first-order chi connectivity index (χ1) is 7.24. The molecule has 0 atom stereocenters. The predicted molar refractivity (Wildman–Crippen MR) is 57.4 cm³/mol. The number of nitrogens with zero attached hydrogens (tertiary/aromatic N) is 1. The van der Waals surface area contributed by atoms with Crippen molar-refractivity contribution in [1.29, 1.82) is 0 Å². The molecule has 2 aliphatic carbocycles. The van der Waals surface area contributed by atoms with Gasteiger partial charge in [0.1, 0.15) is 0 Å². The lowest BCUT2D eigenvalue weighted by atomic mass is 10.2. The first-order valence-electron chi connectivity index (χ1n) is 5.45. The quantitative estimate of drug-likeness (QED) is 0.853. The third kappa shape index (κ3) is 1.91. The summed E-state index contributed by atoms with van der Waals surface area (Å²) in [7, 11) is 0. The van der Waals surface area contributed by atoms with Gasteiger partial charge in [-0.25, -0.2) is 4.98 Å². The Morgan fingerprint density at radius 1 is 1.33 bits per heavy atom. The highest BCUT2D eigenvalue weighted by Gasteiger charge is 2.34. The van der Waals surface area contributed by atoms with Gasteiger partial charge in [-0.3, -0.25) is 4.79 Å². The topological polar surface area (TPSA) is 50.2 Å². The zero-order valence-electron chi connectivity index (χ0n) is 8.40. The normalized spacial score (nSPS) is 20.5. The van der Waals surface area contributed by atoms with Crippen molar-refractivity contribution in [2.75, 3.05) is 0 Å². The van der Waals surface area contributed by atoms with Crippen molar-refractivity contribution in [3.63, 3.8) is 0 Å². The van der Waals surface area contributed by atoms with E-state index in [0.29, 0.717) is 11.8 Å². The molecular weight excluding hydrogens is 210 g/mol. The van der Waals surface area contributed by atoms with Crippen LogP contribution >= 0.6 is 11.3 Å². The Labute approximate surface area is 92.2 Å². The summed E-state index contributed by atoms with van der Waals surface area (Å²) in [6.45, 7) is 0. The molecular formula is C11H13NO2S. The van der Waals surface area contributed by atoms with Gasteiger partial charge in [0.05, 0.1) is 17.1 Å². The summed E-state index contributed by atoms with van der Waals surface area (Å²) < 4.78 is 0. The molecule has 1 N–H and O–H groups in total. The van der Waals surface area contributed by atoms with E-state index in [0.717, 1.165) is 10.6 Å². The van der Waals surface area contributed by atoms with Gasteiger partial charge in [-0.1, -0.05) is 0 Å². The van der Waals surface area contributed by atoms with Crippen molar-refractivity contribution in [2.45, 2.75) is 43.9 Å². The number of hydrogen-bond acceptors (Lipinski definition) is 3. The molecule has 4 heteroatoms. The number of carboxylic acid groups (broad SMARTS) is 1. The molecule has 0 saturated heterocycles. The van der Waals surface area contributed by atoms with E-state index < -0.39 is 5.97 Å². The standard InChI is InChI=1S/C11H13NO2S/c13-9(14)5-8-10(6-1-2-6)12-11(15-8)7-3-4-7/h6-7H,1-5H2,(H,13,14). The molecule has 3 nitrogen and oxygen atoms in total. The maximum absolute atomic E-state index is 10.7. The summed E-state index contributed by atoms with van der Waals surface area (Å²) in [5.74, 6) is 0.487. The van der Waals surface area contributed by atoms with Crippen LogP contribution in [0.3, 0.4) is 0 Å². The van der Waals surface area contributed by atoms with Crippen LogP contribution < -0.4 is 0 Å². The summed E-state index contributed by atoms with van der Waals surface area (Å²) in [6.07, 6.45) is 5.03. The van der Waals surface area contributed by atoms with Gasteiger partial charge >= 0.3 is 5.97 Å². The number of aliphatic carboxylic acids is 1. The van der Waals surface area contributed by atoms with Crippen LogP contribution in [0.15, 0.2) is 0 Å². The van der Waals surface area contributed by atoms with Crippen LogP contribution in [0.4, 0.5) is 0 Å². The first kappa shape index (κ1) is 9.33. The van der Waals surface area contributed by atoms with Crippen molar-refractivity contribution < 1.29 is 9.90 Å². The van der Waals surface area contributed by atoms with E-state index in [1.165, 1.54) is 30.7 Å². The lowest BCUT2D eigenvalue weighted by molar-refractivity contribution is -0.136. The van der Waals surface area contributed by atoms with E-state index in [-0.39, 0.29) is 6.42 Å². The molecule has 0 unspecified atom stereocenters. The molecule has 2 fully saturated rings. The second kappa shape index (κ2) is 3.30. The summed E-state index contributed by atoms with van der Waals surface area (Å²) >= 11 is 1.63. The maximum Gasteiger partial charge on any atom is 0.308 e. The number of hydrogen-bond donors (Lipinski definition) is 1. The fourth-order valence-corrected chi connectivity index (χ4v) is 3.14. The molecule has 0 amide bonds. The van der Waals surface area contributed by atoms with E-state index in [2.05, 4.69) is 4.98 Å². The van der Waals surface area contributed by atoms with Gasteiger partial charge in [0.2, 0.25) is 0 Å². The second-order valence-corrected chi connectivity index (χ2v) is 5.59. The minimum atomic E-state index is -0.733. The van der Waals surface area contributed by atoms with Crippen molar-refractivity contribution in [2.24, 2.45) is 0 Å². The molecule has 3 rings (SSSR count). The monoisotopic (exact) mass is 223 g/mol. The van der Waals surface area contributed by atoms with E-state index in [1.807, 2.05) is 0 Å². The lowest BCUT2D eigenvalue weighted by Crippen LogP contribution is -2.00. The van der Waals surface area contributed by atoms with Gasteiger partial charge < -0.3 is 5.11 Å². The summed E-state index contributed by atoms with van der Waals surface area (Å²) in [4.78, 5) is 16.4. The highest BCUT2D eigenvalue weighted by molar-refractivity contribution is 7.12. The average molecular weight is 223 g/mol. The molecule has 15 heavy (non-hydrogen) atoms. The molecule has 80 valence electrons. The molecule has 0 radical (unpaired) electrons. The largest absolute Gasteiger partial charge is 0.481 e. The maximum atomic E-state index is 10.7. The van der Waals surface area contributed by atoms with Crippen LogP contribution in [0.25, 0.3) is 0 Å². The second-order valence-electron chi connectivity index (χ2n) is 4.48. The van der Waals surface area contributed by atoms with E-state index in [4.69, 9.17) is 5.11 Å². The van der Waals surface area contributed by atoms with Crippen LogP contribution in [0.1, 0.15) is 53.1 Å². The first-order valence-corrected chi connectivity index (χ1v) is 6.27. The Hall–Kier alpha value is -0.900. The van der Waals surface area contributed by atoms with Gasteiger partial charge in [-0.05, 0) is 25.7 Å². The van der Waals surface area contributed by atoms with Crippen LogP contribution in [0.5, 0.6) is 0 Å². The minimum absolute atomic E-state index is 0.163. The molecule has 0 aliphatic heterocycles. The van der Waals surface area contributed by atoms with Gasteiger partial charge in [0.15, 0.2) is 0 Å². The number of thiazole rings is 1. The SMILES string of the molecule is O=C(O)Cc1sc(C2CC2)nc1C1CC1. The van der Waals surface area contributed by atoms with Crippen molar-refractivity contribution in [1.82, 2.24) is 4.98 Å². The highest BCUT2D eigenvalue weighted by atomic mass is 32.1. The van der Waals surface area contributed by atoms with Gasteiger partial charge in [0.25, 0.3) is 0 Å². The molecule has 0 spiro atoms. The average Bonchev–Trinajstić information content (AvgIpc) is 3.06. The number of rotatable bonds is 4. The van der Waals surface area contributed by atoms with Crippen LogP contribution in [-0.2, 0) is 11.2 Å². The zero-order valence-corrected chi connectivity index (χ0v) is 9.22. The predicted octanol–water partition coefficient (Wildman–Crippen LogP) is 2.53. The molecule has 2 saturated carbocycles. The Morgan fingerprint density at radius 2 is 2.00 bits per heavy atom. The van der Waals surface area contributed by atoms with Gasteiger partial charge in [-0.2, -0.15) is 0 Å². The van der Waals surface area contributed by atoms with Gasteiger partial charge in [-0.15, -0.1) is 11.3 Å². The third-order valence-corrected chi connectivity index (χ3v) is 4.18. The Morgan fingerprint density at radius 3 is 2.53 bits per heavy atom. The van der Waals surface area contributed by atoms with E-state index >= 15 is 0 Å². The number of carbonyl (C=O) groups is 1. The molecule has 2 aliphatic rings. The minimum Gasteiger partial charge on any atom is -0.481 e. The van der Waals surface area contributed by atoms with Crippen LogP contribution in [0.2, 0.25) is 0 Å². The Kier molecular flexibility index (Phi) is 2.06. The van der Waals surface area contributed by atoms with E-state index in [1.54, 1.807) is 11.3 Å². The van der Waals surface area contributed by atoms with Crippen LogP contribution in [0, 0.1) is 0 Å². The fraction of sp³-hybridized carbons (Fsp3) is 0.636. The highest BCUT2D eigenvalue weighted by Crippen LogP contribution is 2.47. The molecule has 1 aromatic rings. The summed E-state index contributed by atoms with van der Waals surface area (Å²) in [5.41, 5.74) is 1.10. The van der Waals surface area contributed by atoms with Crippen molar-refractivity contribution in [3.05, 3.63) is 15.6 Å². The summed E-state index contributed by atoms with van der Waals surface area (Å²) in [5, 5.41) is 10.0. The van der Waals surface area contributed by atoms with Crippen LogP contribution in [-0.4, -0.2) is 16.1 Å². The summed E-state index contributed by atoms with van der Waals surface area (Å²) in [6, 6.07) is 0. The Bertz CT molecular complexity index is 405. The fourth-order valence-electron chi connectivity index (χ4n) is 1.83. The van der Waals surface area contributed by atoms with E-state index in [9.17, 15) is 4.79 Å². The van der Waals surface area contributed by atoms with Crippen molar-refractivity contribution >= 4 is 17.3 Å².